The Morgan fingerprint density at radius 2 is 1.84 bits per heavy atom. The maximum absolute atomic E-state index is 12.9. The largest absolute Gasteiger partial charge is 0.370 e. The Labute approximate surface area is 180 Å². The highest BCUT2D eigenvalue weighted by Gasteiger charge is 2.38. The number of para-hydroxylation sites is 1. The zero-order valence-electron chi connectivity index (χ0n) is 17.6. The van der Waals surface area contributed by atoms with Crippen LogP contribution < -0.4 is 21.3 Å². The molecule has 1 unspecified atom stereocenters. The fourth-order valence-corrected chi connectivity index (χ4v) is 3.48. The fraction of sp³-hybridized carbons (Fsp3) is 0.304. The smallest absolute Gasteiger partial charge is 0.253 e. The molecule has 0 saturated carbocycles. The van der Waals surface area contributed by atoms with E-state index in [9.17, 15) is 19.2 Å². The van der Waals surface area contributed by atoms with Crippen molar-refractivity contribution in [2.45, 2.75) is 26.7 Å². The number of nitrogens with two attached hydrogens (primary N) is 1. The van der Waals surface area contributed by atoms with Crippen molar-refractivity contribution in [3.05, 3.63) is 59.2 Å². The predicted molar refractivity (Wildman–Crippen MR) is 118 cm³/mol. The van der Waals surface area contributed by atoms with E-state index >= 15 is 0 Å². The number of nitrogens with zero attached hydrogens (tertiary/aromatic N) is 1. The molecule has 4 N–H and O–H groups in total. The van der Waals surface area contributed by atoms with Crippen molar-refractivity contribution in [3.63, 3.8) is 0 Å². The first kappa shape index (κ1) is 22.0. The molecule has 2 aromatic rings. The van der Waals surface area contributed by atoms with Crippen molar-refractivity contribution in [2.24, 2.45) is 11.7 Å². The number of amides is 4. The molecule has 1 aliphatic rings. The number of hydrogen-bond acceptors (Lipinski definition) is 4. The lowest BCUT2D eigenvalue weighted by molar-refractivity contribution is -0.129. The van der Waals surface area contributed by atoms with Gasteiger partial charge in [0.2, 0.25) is 17.7 Å². The number of primary amides is 1. The zero-order valence-corrected chi connectivity index (χ0v) is 17.6. The number of hydrogen-bond donors (Lipinski definition) is 3. The Hall–Kier alpha value is -3.68. The van der Waals surface area contributed by atoms with Gasteiger partial charge in [0.15, 0.2) is 0 Å². The van der Waals surface area contributed by atoms with Crippen LogP contribution in [0.4, 0.5) is 11.4 Å². The number of carbonyl (C=O) groups excluding carboxylic acids is 4. The van der Waals surface area contributed by atoms with Gasteiger partial charge in [-0.15, -0.1) is 0 Å². The van der Waals surface area contributed by atoms with E-state index in [1.54, 1.807) is 29.2 Å². The predicted octanol–water partition coefficient (Wildman–Crippen LogP) is 1.90. The minimum atomic E-state index is -0.826. The van der Waals surface area contributed by atoms with E-state index in [1.165, 1.54) is 0 Å². The Balaban J connectivity index is 1.69. The highest BCUT2D eigenvalue weighted by molar-refractivity contribution is 6.14. The van der Waals surface area contributed by atoms with E-state index in [4.69, 9.17) is 5.73 Å². The molecule has 8 heteroatoms. The summed E-state index contributed by atoms with van der Waals surface area (Å²) in [5.74, 6) is -2.49. The lowest BCUT2D eigenvalue weighted by Gasteiger charge is -2.18. The van der Waals surface area contributed by atoms with Gasteiger partial charge in [0.1, 0.15) is 5.92 Å². The van der Waals surface area contributed by atoms with Gasteiger partial charge < -0.3 is 21.3 Å². The number of benzene rings is 2. The molecular formula is C23H26N4O4. The van der Waals surface area contributed by atoms with Crippen molar-refractivity contribution in [1.29, 1.82) is 0 Å². The Morgan fingerprint density at radius 3 is 2.55 bits per heavy atom. The first-order valence-electron chi connectivity index (χ1n) is 10.1. The molecule has 31 heavy (non-hydrogen) atoms. The van der Waals surface area contributed by atoms with Gasteiger partial charge in [-0.25, -0.2) is 0 Å². The maximum atomic E-state index is 12.9. The number of carbonyl (C=O) groups is 4. The highest BCUT2D eigenvalue weighted by Crippen LogP contribution is 2.28. The Morgan fingerprint density at radius 1 is 1.10 bits per heavy atom. The second-order valence-corrected chi connectivity index (χ2v) is 7.61. The fourth-order valence-electron chi connectivity index (χ4n) is 3.48. The molecule has 0 aromatic heterocycles. The minimum absolute atomic E-state index is 0.0190. The van der Waals surface area contributed by atoms with Crippen LogP contribution in [0.2, 0.25) is 0 Å². The second-order valence-electron chi connectivity index (χ2n) is 7.61. The number of anilines is 2. The maximum Gasteiger partial charge on any atom is 0.253 e. The van der Waals surface area contributed by atoms with E-state index in [0.29, 0.717) is 18.7 Å². The van der Waals surface area contributed by atoms with Crippen LogP contribution in [0.1, 0.15) is 34.3 Å². The van der Waals surface area contributed by atoms with Gasteiger partial charge in [-0.3, -0.25) is 19.2 Å². The zero-order chi connectivity index (χ0) is 22.5. The molecule has 3 rings (SSSR count). The Kier molecular flexibility index (Phi) is 6.69. The molecule has 0 bridgehead atoms. The molecule has 1 heterocycles. The van der Waals surface area contributed by atoms with E-state index < -0.39 is 23.6 Å². The van der Waals surface area contributed by atoms with Crippen LogP contribution in [-0.2, 0) is 14.4 Å². The van der Waals surface area contributed by atoms with Gasteiger partial charge in [-0.2, -0.15) is 0 Å². The highest BCUT2D eigenvalue weighted by atomic mass is 16.2. The first-order valence-corrected chi connectivity index (χ1v) is 10.1. The summed E-state index contributed by atoms with van der Waals surface area (Å²) in [5.41, 5.74) is 8.62. The van der Waals surface area contributed by atoms with Crippen LogP contribution in [0.15, 0.2) is 42.5 Å². The van der Waals surface area contributed by atoms with Crippen LogP contribution >= 0.6 is 0 Å². The summed E-state index contributed by atoms with van der Waals surface area (Å²) in [6.07, 6.45) is 0.412. The van der Waals surface area contributed by atoms with Crippen molar-refractivity contribution in [2.75, 3.05) is 23.3 Å². The molecule has 4 amide bonds. The van der Waals surface area contributed by atoms with E-state index in [0.717, 1.165) is 16.8 Å². The number of aryl methyl sites for hydroxylation is 2. The van der Waals surface area contributed by atoms with Crippen LogP contribution in [-0.4, -0.2) is 36.7 Å². The molecule has 1 atom stereocenters. The Bertz CT molecular complexity index is 1030. The summed E-state index contributed by atoms with van der Waals surface area (Å²) in [4.78, 5) is 50.6. The lowest BCUT2D eigenvalue weighted by atomic mass is 10.1. The van der Waals surface area contributed by atoms with Crippen LogP contribution in [0, 0.1) is 19.8 Å². The van der Waals surface area contributed by atoms with Crippen molar-refractivity contribution >= 4 is 35.0 Å². The third-order valence-electron chi connectivity index (χ3n) is 5.41. The quantitative estimate of drug-likeness (QED) is 0.590. The van der Waals surface area contributed by atoms with Gasteiger partial charge in [-0.05, 0) is 55.7 Å². The van der Waals surface area contributed by atoms with Crippen LogP contribution in [0.25, 0.3) is 0 Å². The lowest BCUT2D eigenvalue weighted by Crippen LogP contribution is -2.34. The summed E-state index contributed by atoms with van der Waals surface area (Å²) >= 11 is 0. The van der Waals surface area contributed by atoms with E-state index in [1.807, 2.05) is 32.0 Å². The van der Waals surface area contributed by atoms with Crippen molar-refractivity contribution in [3.8, 4) is 0 Å². The summed E-state index contributed by atoms with van der Waals surface area (Å²) < 4.78 is 0. The second kappa shape index (κ2) is 9.42. The normalized spacial score (nSPS) is 15.6. The standard InChI is InChI=1S/C23H26N4O4/c1-14-7-8-16(13-15(14)2)27-12-10-18(23(27)31)22(30)26-19-6-4-3-5-17(19)21(29)25-11-9-20(24)28/h3-8,13,18H,9-12H2,1-2H3,(H2,24,28)(H,25,29)(H,26,30). The summed E-state index contributed by atoms with van der Waals surface area (Å²) in [7, 11) is 0. The SMILES string of the molecule is Cc1ccc(N2CCC(C(=O)Nc3ccccc3C(=O)NCCC(N)=O)C2=O)cc1C. The average Bonchev–Trinajstić information content (AvgIpc) is 3.11. The van der Waals surface area contributed by atoms with Gasteiger partial charge in [0, 0.05) is 25.2 Å². The molecule has 162 valence electrons. The van der Waals surface area contributed by atoms with Gasteiger partial charge in [0.05, 0.1) is 11.3 Å². The molecule has 0 radical (unpaired) electrons. The third-order valence-corrected chi connectivity index (χ3v) is 5.41. The average molecular weight is 422 g/mol. The van der Waals surface area contributed by atoms with E-state index in [-0.39, 0.29) is 24.4 Å². The monoisotopic (exact) mass is 422 g/mol. The van der Waals surface area contributed by atoms with Crippen LogP contribution in [0.5, 0.6) is 0 Å². The summed E-state index contributed by atoms with van der Waals surface area (Å²) in [6.45, 7) is 4.54. The number of rotatable bonds is 7. The summed E-state index contributed by atoms with van der Waals surface area (Å²) in [6, 6.07) is 12.3. The van der Waals surface area contributed by atoms with Gasteiger partial charge in [-0.1, -0.05) is 18.2 Å². The van der Waals surface area contributed by atoms with Crippen LogP contribution in [0.3, 0.4) is 0 Å². The van der Waals surface area contributed by atoms with Gasteiger partial charge >= 0.3 is 0 Å². The van der Waals surface area contributed by atoms with Crippen molar-refractivity contribution < 1.29 is 19.2 Å². The first-order chi connectivity index (χ1) is 14.8. The topological polar surface area (TPSA) is 122 Å². The molecule has 1 aliphatic heterocycles. The molecule has 0 spiro atoms. The summed E-state index contributed by atoms with van der Waals surface area (Å²) in [5, 5.41) is 5.31. The molecular weight excluding hydrogens is 396 g/mol. The minimum Gasteiger partial charge on any atom is -0.370 e. The van der Waals surface area contributed by atoms with E-state index in [2.05, 4.69) is 10.6 Å². The van der Waals surface area contributed by atoms with Crippen molar-refractivity contribution in [1.82, 2.24) is 5.32 Å². The molecule has 2 aromatic carbocycles. The molecule has 8 nitrogen and oxygen atoms in total. The van der Waals surface area contributed by atoms with Gasteiger partial charge in [0.25, 0.3) is 5.91 Å². The third kappa shape index (κ3) is 5.09. The molecule has 0 aliphatic carbocycles. The number of nitrogens with one attached hydrogen (secondary N) is 2. The molecule has 1 saturated heterocycles. The molecule has 1 fully saturated rings.